The third-order valence-corrected chi connectivity index (χ3v) is 3.23. The van der Waals surface area contributed by atoms with E-state index in [9.17, 15) is 17.6 Å². The number of nitrogens with two attached hydrogens (primary N) is 1. The highest BCUT2D eigenvalue weighted by molar-refractivity contribution is 5.31. The second kappa shape index (κ2) is 4.51. The Kier molecular flexibility index (Phi) is 3.33. The first-order chi connectivity index (χ1) is 8.33. The topological polar surface area (TPSA) is 35.2 Å². The summed E-state index contributed by atoms with van der Waals surface area (Å²) in [7, 11) is 0. The van der Waals surface area contributed by atoms with Crippen molar-refractivity contribution in [2.45, 2.75) is 24.6 Å². The predicted molar refractivity (Wildman–Crippen MR) is 57.3 cm³/mol. The zero-order valence-electron chi connectivity index (χ0n) is 9.56. The number of alkyl halides is 3. The molecule has 0 aliphatic carbocycles. The largest absolute Gasteiger partial charge is 0.419 e. The maximum Gasteiger partial charge on any atom is 0.419 e. The van der Waals surface area contributed by atoms with Gasteiger partial charge in [-0.15, -0.1) is 0 Å². The van der Waals surface area contributed by atoms with Gasteiger partial charge in [0.05, 0.1) is 5.56 Å². The summed E-state index contributed by atoms with van der Waals surface area (Å²) in [5, 5.41) is 0. The van der Waals surface area contributed by atoms with Crippen LogP contribution < -0.4 is 5.73 Å². The van der Waals surface area contributed by atoms with E-state index in [1.165, 1.54) is 6.07 Å². The van der Waals surface area contributed by atoms with Gasteiger partial charge in [0.1, 0.15) is 5.82 Å². The van der Waals surface area contributed by atoms with E-state index in [0.29, 0.717) is 31.6 Å². The van der Waals surface area contributed by atoms with Gasteiger partial charge in [-0.05, 0) is 30.5 Å². The molecule has 100 valence electrons. The zero-order valence-corrected chi connectivity index (χ0v) is 9.56. The Balaban J connectivity index is 2.34. The molecule has 2 N–H and O–H groups in total. The maximum absolute atomic E-state index is 13.5. The molecule has 18 heavy (non-hydrogen) atoms. The van der Waals surface area contributed by atoms with Crippen molar-refractivity contribution in [3.8, 4) is 0 Å². The van der Waals surface area contributed by atoms with Crippen molar-refractivity contribution in [1.82, 2.24) is 0 Å². The SMILES string of the molecule is NC1(c2ccc(C(F)(F)F)c(F)c2)CCOCC1. The lowest BCUT2D eigenvalue weighted by atomic mass is 9.83. The van der Waals surface area contributed by atoms with Crippen LogP contribution in [0.5, 0.6) is 0 Å². The smallest absolute Gasteiger partial charge is 0.381 e. The Hall–Kier alpha value is -1.14. The van der Waals surface area contributed by atoms with Crippen LogP contribution in [0.1, 0.15) is 24.0 Å². The van der Waals surface area contributed by atoms with Crippen LogP contribution in [-0.4, -0.2) is 13.2 Å². The van der Waals surface area contributed by atoms with Gasteiger partial charge in [0.15, 0.2) is 0 Å². The van der Waals surface area contributed by atoms with Crippen LogP contribution in [0.3, 0.4) is 0 Å². The van der Waals surface area contributed by atoms with Crippen LogP contribution in [0.2, 0.25) is 0 Å². The molecule has 1 aliphatic heterocycles. The number of rotatable bonds is 1. The molecule has 1 heterocycles. The van der Waals surface area contributed by atoms with E-state index in [4.69, 9.17) is 10.5 Å². The fourth-order valence-electron chi connectivity index (χ4n) is 2.08. The van der Waals surface area contributed by atoms with Gasteiger partial charge < -0.3 is 10.5 Å². The Morgan fingerprint density at radius 1 is 1.17 bits per heavy atom. The van der Waals surface area contributed by atoms with Gasteiger partial charge in [0.25, 0.3) is 0 Å². The molecular weight excluding hydrogens is 250 g/mol. The van der Waals surface area contributed by atoms with Gasteiger partial charge in [0.2, 0.25) is 0 Å². The van der Waals surface area contributed by atoms with Gasteiger partial charge >= 0.3 is 6.18 Å². The molecule has 0 bridgehead atoms. The Morgan fingerprint density at radius 2 is 1.78 bits per heavy atom. The van der Waals surface area contributed by atoms with E-state index < -0.39 is 23.1 Å². The molecule has 0 atom stereocenters. The molecule has 1 aromatic rings. The summed E-state index contributed by atoms with van der Waals surface area (Å²) in [4.78, 5) is 0. The Labute approximate surface area is 102 Å². The minimum absolute atomic E-state index is 0.385. The van der Waals surface area contributed by atoms with Crippen molar-refractivity contribution in [1.29, 1.82) is 0 Å². The summed E-state index contributed by atoms with van der Waals surface area (Å²) in [6, 6.07) is 2.88. The van der Waals surface area contributed by atoms with E-state index in [1.54, 1.807) is 0 Å². The lowest BCUT2D eigenvalue weighted by Gasteiger charge is -2.34. The number of hydrogen-bond donors (Lipinski definition) is 1. The van der Waals surface area contributed by atoms with Crippen molar-refractivity contribution < 1.29 is 22.3 Å². The number of ether oxygens (including phenoxy) is 1. The molecule has 2 rings (SSSR count). The molecule has 6 heteroatoms. The van der Waals surface area contributed by atoms with Crippen LogP contribution in [0.15, 0.2) is 18.2 Å². The average Bonchev–Trinajstić information content (AvgIpc) is 2.28. The van der Waals surface area contributed by atoms with Crippen LogP contribution >= 0.6 is 0 Å². The van der Waals surface area contributed by atoms with Gasteiger partial charge in [-0.25, -0.2) is 4.39 Å². The summed E-state index contributed by atoms with van der Waals surface area (Å²) in [6.07, 6.45) is -3.74. The summed E-state index contributed by atoms with van der Waals surface area (Å²) in [5.74, 6) is -1.28. The Bertz CT molecular complexity index is 438. The lowest BCUT2D eigenvalue weighted by Crippen LogP contribution is -2.42. The van der Waals surface area contributed by atoms with Crippen LogP contribution in [0.4, 0.5) is 17.6 Å². The standard InChI is InChI=1S/C12H13F4NO/c13-10-7-8(1-2-9(10)12(14,15)16)11(17)3-5-18-6-4-11/h1-2,7H,3-6,17H2. The van der Waals surface area contributed by atoms with Crippen LogP contribution in [-0.2, 0) is 16.5 Å². The summed E-state index contributed by atoms with van der Waals surface area (Å²) in [5.41, 5.74) is 4.40. The highest BCUT2D eigenvalue weighted by Gasteiger charge is 2.36. The van der Waals surface area contributed by atoms with Crippen molar-refractivity contribution in [2.75, 3.05) is 13.2 Å². The normalized spacial score (nSPS) is 19.8. The average molecular weight is 263 g/mol. The van der Waals surface area contributed by atoms with Gasteiger partial charge in [0, 0.05) is 18.8 Å². The highest BCUT2D eigenvalue weighted by Crippen LogP contribution is 2.35. The minimum atomic E-state index is -4.68. The van der Waals surface area contributed by atoms with E-state index in [1.807, 2.05) is 0 Å². The molecule has 1 fully saturated rings. The van der Waals surface area contributed by atoms with E-state index in [2.05, 4.69) is 0 Å². The monoisotopic (exact) mass is 263 g/mol. The summed E-state index contributed by atoms with van der Waals surface area (Å²) < 4.78 is 55.9. The van der Waals surface area contributed by atoms with Crippen LogP contribution in [0, 0.1) is 5.82 Å². The predicted octanol–water partition coefficient (Wildman–Crippen LogP) is 2.81. The maximum atomic E-state index is 13.5. The third kappa shape index (κ3) is 2.49. The quantitative estimate of drug-likeness (QED) is 0.791. The fraction of sp³-hybridized carbons (Fsp3) is 0.500. The van der Waals surface area contributed by atoms with Gasteiger partial charge in [-0.1, -0.05) is 6.07 Å². The second-order valence-electron chi connectivity index (χ2n) is 4.46. The first-order valence-electron chi connectivity index (χ1n) is 5.57. The molecule has 0 radical (unpaired) electrons. The van der Waals surface area contributed by atoms with Gasteiger partial charge in [-0.3, -0.25) is 0 Å². The highest BCUT2D eigenvalue weighted by atomic mass is 19.4. The Morgan fingerprint density at radius 3 is 2.28 bits per heavy atom. The molecule has 2 nitrogen and oxygen atoms in total. The van der Waals surface area contributed by atoms with Crippen molar-refractivity contribution in [2.24, 2.45) is 5.73 Å². The number of hydrogen-bond acceptors (Lipinski definition) is 2. The number of halogens is 4. The molecule has 0 saturated carbocycles. The minimum Gasteiger partial charge on any atom is -0.381 e. The fourth-order valence-corrected chi connectivity index (χ4v) is 2.08. The zero-order chi connectivity index (χ0) is 13.4. The molecule has 1 aromatic carbocycles. The molecule has 1 aliphatic rings. The third-order valence-electron chi connectivity index (χ3n) is 3.23. The molecular formula is C12H13F4NO. The molecule has 0 amide bonds. The van der Waals surface area contributed by atoms with Crippen molar-refractivity contribution >= 4 is 0 Å². The second-order valence-corrected chi connectivity index (χ2v) is 4.46. The summed E-state index contributed by atoms with van der Waals surface area (Å²) in [6.45, 7) is 0.859. The van der Waals surface area contributed by atoms with E-state index >= 15 is 0 Å². The number of benzene rings is 1. The molecule has 0 spiro atoms. The van der Waals surface area contributed by atoms with Gasteiger partial charge in [-0.2, -0.15) is 13.2 Å². The molecule has 0 unspecified atom stereocenters. The lowest BCUT2D eigenvalue weighted by molar-refractivity contribution is -0.140. The first-order valence-corrected chi connectivity index (χ1v) is 5.57. The van der Waals surface area contributed by atoms with Crippen molar-refractivity contribution in [3.63, 3.8) is 0 Å². The van der Waals surface area contributed by atoms with Crippen molar-refractivity contribution in [3.05, 3.63) is 35.1 Å². The molecule has 1 saturated heterocycles. The first kappa shape index (κ1) is 13.3. The van der Waals surface area contributed by atoms with E-state index in [0.717, 1.165) is 12.1 Å². The molecule has 0 aromatic heterocycles. The summed E-state index contributed by atoms with van der Waals surface area (Å²) >= 11 is 0. The van der Waals surface area contributed by atoms with Crippen LogP contribution in [0.25, 0.3) is 0 Å². The van der Waals surface area contributed by atoms with E-state index in [-0.39, 0.29) is 0 Å².